The molecular weight excluding hydrogens is 238 g/mol. The number of fused-ring (bicyclic) bond motifs is 1. The molecule has 0 spiro atoms. The molecule has 0 amide bonds. The van der Waals surface area contributed by atoms with Gasteiger partial charge in [-0.1, -0.05) is 6.92 Å². The third-order valence-corrected chi connectivity index (χ3v) is 4.03. The Balaban J connectivity index is 2.04. The lowest BCUT2D eigenvalue weighted by atomic mass is 9.95. The van der Waals surface area contributed by atoms with Crippen LogP contribution < -0.4 is 10.6 Å². The molecule has 0 saturated carbocycles. The number of anilines is 2. The number of hydrogen-bond donors (Lipinski definition) is 2. The molecule has 2 atom stereocenters. The Kier molecular flexibility index (Phi) is 3.03. The topological polar surface area (TPSA) is 62.4 Å². The van der Waals surface area contributed by atoms with Crippen molar-refractivity contribution in [1.82, 2.24) is 4.98 Å². The minimum Gasteiger partial charge on any atom is -0.398 e. The van der Waals surface area contributed by atoms with Crippen LogP contribution in [0.2, 0.25) is 0 Å². The monoisotopic (exact) mass is 257 g/mol. The standard InChI is InChI=1S/C15H19N3O/c1-10-9-18(7-5-15(10)19)14-3-2-13(16)11-4-6-17-8-12(11)14/h2-4,6,8,10,15,19H,5,7,9,16H2,1H3. The number of nitrogens with zero attached hydrogens (tertiary/aromatic N) is 2. The highest BCUT2D eigenvalue weighted by Crippen LogP contribution is 2.32. The molecule has 1 aliphatic rings. The van der Waals surface area contributed by atoms with Crippen molar-refractivity contribution >= 4 is 22.1 Å². The molecule has 1 saturated heterocycles. The molecule has 1 aliphatic heterocycles. The van der Waals surface area contributed by atoms with Crippen molar-refractivity contribution in [2.75, 3.05) is 23.7 Å². The molecule has 3 rings (SSSR count). The van der Waals surface area contributed by atoms with Crippen LogP contribution in [0.1, 0.15) is 13.3 Å². The summed E-state index contributed by atoms with van der Waals surface area (Å²) < 4.78 is 0. The molecule has 0 aliphatic carbocycles. The van der Waals surface area contributed by atoms with Crippen molar-refractivity contribution < 1.29 is 5.11 Å². The molecule has 3 N–H and O–H groups in total. The van der Waals surface area contributed by atoms with E-state index >= 15 is 0 Å². The first-order chi connectivity index (χ1) is 9.16. The number of aliphatic hydroxyl groups excluding tert-OH is 1. The first-order valence-corrected chi connectivity index (χ1v) is 6.72. The zero-order chi connectivity index (χ0) is 13.4. The Morgan fingerprint density at radius 2 is 2.16 bits per heavy atom. The maximum absolute atomic E-state index is 9.84. The van der Waals surface area contributed by atoms with Crippen LogP contribution in [0.5, 0.6) is 0 Å². The van der Waals surface area contributed by atoms with Crippen molar-refractivity contribution in [3.63, 3.8) is 0 Å². The van der Waals surface area contributed by atoms with Gasteiger partial charge in [0.2, 0.25) is 0 Å². The number of nitrogen functional groups attached to an aromatic ring is 1. The van der Waals surface area contributed by atoms with E-state index in [2.05, 4.69) is 22.9 Å². The third kappa shape index (κ3) is 2.12. The van der Waals surface area contributed by atoms with Gasteiger partial charge in [0.25, 0.3) is 0 Å². The molecular formula is C15H19N3O. The number of hydrogen-bond acceptors (Lipinski definition) is 4. The van der Waals surface area contributed by atoms with Gasteiger partial charge in [-0.15, -0.1) is 0 Å². The van der Waals surface area contributed by atoms with Crippen LogP contribution in [-0.2, 0) is 0 Å². The van der Waals surface area contributed by atoms with E-state index in [1.807, 2.05) is 18.3 Å². The quantitative estimate of drug-likeness (QED) is 0.767. The summed E-state index contributed by atoms with van der Waals surface area (Å²) in [6.07, 6.45) is 4.27. The average molecular weight is 257 g/mol. The van der Waals surface area contributed by atoms with E-state index in [4.69, 9.17) is 5.73 Å². The molecule has 1 aromatic heterocycles. The van der Waals surface area contributed by atoms with Gasteiger partial charge in [-0.05, 0) is 30.5 Å². The van der Waals surface area contributed by atoms with Crippen LogP contribution in [0.25, 0.3) is 10.8 Å². The predicted octanol–water partition coefficient (Wildman–Crippen LogP) is 2.02. The zero-order valence-electron chi connectivity index (χ0n) is 11.1. The lowest BCUT2D eigenvalue weighted by Crippen LogP contribution is -2.42. The second-order valence-corrected chi connectivity index (χ2v) is 5.37. The van der Waals surface area contributed by atoms with E-state index in [9.17, 15) is 5.11 Å². The lowest BCUT2D eigenvalue weighted by Gasteiger charge is -2.36. The molecule has 2 aromatic rings. The fourth-order valence-corrected chi connectivity index (χ4v) is 2.83. The Bertz CT molecular complexity index is 599. The van der Waals surface area contributed by atoms with Crippen LogP contribution in [0.4, 0.5) is 11.4 Å². The van der Waals surface area contributed by atoms with Crippen LogP contribution >= 0.6 is 0 Å². The van der Waals surface area contributed by atoms with Gasteiger partial charge in [0, 0.05) is 47.6 Å². The van der Waals surface area contributed by atoms with Crippen LogP contribution in [-0.4, -0.2) is 29.3 Å². The predicted molar refractivity (Wildman–Crippen MR) is 78.2 cm³/mol. The summed E-state index contributed by atoms with van der Waals surface area (Å²) in [5.74, 6) is 0.290. The molecule has 4 heteroatoms. The van der Waals surface area contributed by atoms with Gasteiger partial charge < -0.3 is 15.7 Å². The van der Waals surface area contributed by atoms with Crippen LogP contribution in [0, 0.1) is 5.92 Å². The number of aliphatic hydroxyl groups is 1. The fourth-order valence-electron chi connectivity index (χ4n) is 2.83. The summed E-state index contributed by atoms with van der Waals surface area (Å²) in [5, 5.41) is 12.0. The highest BCUT2D eigenvalue weighted by molar-refractivity contribution is 6.00. The average Bonchev–Trinajstić information content (AvgIpc) is 2.43. The number of benzene rings is 1. The summed E-state index contributed by atoms with van der Waals surface area (Å²) in [6.45, 7) is 3.84. The van der Waals surface area contributed by atoms with Crippen molar-refractivity contribution in [3.8, 4) is 0 Å². The van der Waals surface area contributed by atoms with E-state index in [1.165, 1.54) is 0 Å². The minimum absolute atomic E-state index is 0.186. The highest BCUT2D eigenvalue weighted by atomic mass is 16.3. The number of aromatic nitrogens is 1. The SMILES string of the molecule is CC1CN(c2ccc(N)c3ccncc23)CCC1O. The summed E-state index contributed by atoms with van der Waals surface area (Å²) >= 11 is 0. The highest BCUT2D eigenvalue weighted by Gasteiger charge is 2.25. The molecule has 2 unspecified atom stereocenters. The van der Waals surface area contributed by atoms with Crippen LogP contribution in [0.15, 0.2) is 30.6 Å². The van der Waals surface area contributed by atoms with E-state index in [0.29, 0.717) is 0 Å². The van der Waals surface area contributed by atoms with Gasteiger partial charge in [-0.2, -0.15) is 0 Å². The van der Waals surface area contributed by atoms with E-state index in [0.717, 1.165) is 41.7 Å². The summed E-state index contributed by atoms with van der Waals surface area (Å²) in [7, 11) is 0. The molecule has 1 aromatic carbocycles. The van der Waals surface area contributed by atoms with Gasteiger partial charge in [-0.25, -0.2) is 0 Å². The molecule has 0 bridgehead atoms. The largest absolute Gasteiger partial charge is 0.398 e. The zero-order valence-corrected chi connectivity index (χ0v) is 11.1. The van der Waals surface area contributed by atoms with Crippen molar-refractivity contribution in [2.45, 2.75) is 19.4 Å². The second kappa shape index (κ2) is 4.70. The molecule has 19 heavy (non-hydrogen) atoms. The van der Waals surface area contributed by atoms with Crippen molar-refractivity contribution in [1.29, 1.82) is 0 Å². The van der Waals surface area contributed by atoms with E-state index in [-0.39, 0.29) is 12.0 Å². The van der Waals surface area contributed by atoms with Gasteiger partial charge in [0.05, 0.1) is 6.10 Å². The molecule has 1 fully saturated rings. The smallest absolute Gasteiger partial charge is 0.0599 e. The third-order valence-electron chi connectivity index (χ3n) is 4.03. The summed E-state index contributed by atoms with van der Waals surface area (Å²) in [6, 6.07) is 5.97. The number of nitrogens with two attached hydrogens (primary N) is 1. The Hall–Kier alpha value is -1.81. The maximum atomic E-state index is 9.84. The Morgan fingerprint density at radius 1 is 1.32 bits per heavy atom. The van der Waals surface area contributed by atoms with E-state index in [1.54, 1.807) is 6.20 Å². The first kappa shape index (κ1) is 12.2. The number of pyridine rings is 1. The minimum atomic E-state index is -0.186. The summed E-state index contributed by atoms with van der Waals surface area (Å²) in [4.78, 5) is 6.53. The lowest BCUT2D eigenvalue weighted by molar-refractivity contribution is 0.0972. The molecule has 100 valence electrons. The van der Waals surface area contributed by atoms with Gasteiger partial charge in [0.15, 0.2) is 0 Å². The number of rotatable bonds is 1. The number of piperidine rings is 1. The van der Waals surface area contributed by atoms with Crippen molar-refractivity contribution in [3.05, 3.63) is 30.6 Å². The fraction of sp³-hybridized carbons (Fsp3) is 0.400. The first-order valence-electron chi connectivity index (χ1n) is 6.72. The van der Waals surface area contributed by atoms with Gasteiger partial charge in [0.1, 0.15) is 0 Å². The van der Waals surface area contributed by atoms with Crippen molar-refractivity contribution in [2.24, 2.45) is 5.92 Å². The van der Waals surface area contributed by atoms with E-state index < -0.39 is 0 Å². The Morgan fingerprint density at radius 3 is 2.95 bits per heavy atom. The Labute approximate surface area is 112 Å². The normalized spacial score (nSPS) is 23.8. The van der Waals surface area contributed by atoms with Gasteiger partial charge in [-0.3, -0.25) is 4.98 Å². The maximum Gasteiger partial charge on any atom is 0.0599 e. The molecule has 2 heterocycles. The molecule has 0 radical (unpaired) electrons. The van der Waals surface area contributed by atoms with Crippen LogP contribution in [0.3, 0.4) is 0 Å². The molecule has 4 nitrogen and oxygen atoms in total. The summed E-state index contributed by atoms with van der Waals surface area (Å²) in [5.41, 5.74) is 7.96. The second-order valence-electron chi connectivity index (χ2n) is 5.37. The van der Waals surface area contributed by atoms with Gasteiger partial charge >= 0.3 is 0 Å².